The van der Waals surface area contributed by atoms with Gasteiger partial charge in [0.25, 0.3) is 0 Å². The second-order valence-electron chi connectivity index (χ2n) is 3.92. The molecule has 20 heavy (non-hydrogen) atoms. The van der Waals surface area contributed by atoms with Crippen molar-refractivity contribution in [3.05, 3.63) is 46.8 Å². The molecule has 2 aromatic heterocycles. The van der Waals surface area contributed by atoms with Crippen molar-refractivity contribution < 1.29 is 9.59 Å². The number of thiophene rings is 1. The molecule has 0 radical (unpaired) electrons. The lowest BCUT2D eigenvalue weighted by molar-refractivity contribution is -0.114. The zero-order valence-corrected chi connectivity index (χ0v) is 11.6. The maximum Gasteiger partial charge on any atom is 0.249 e. The number of aromatic nitrogens is 1. The van der Waals surface area contributed by atoms with E-state index in [-0.39, 0.29) is 11.8 Å². The van der Waals surface area contributed by atoms with Gasteiger partial charge in [0.2, 0.25) is 11.8 Å². The molecule has 0 aliphatic rings. The van der Waals surface area contributed by atoms with Crippen molar-refractivity contribution in [2.24, 2.45) is 0 Å². The van der Waals surface area contributed by atoms with Gasteiger partial charge in [-0.2, -0.15) is 0 Å². The van der Waals surface area contributed by atoms with Gasteiger partial charge < -0.3 is 10.6 Å². The van der Waals surface area contributed by atoms with Gasteiger partial charge in [-0.3, -0.25) is 9.59 Å². The molecule has 0 saturated carbocycles. The summed E-state index contributed by atoms with van der Waals surface area (Å²) >= 11 is 1.54. The molecule has 2 heterocycles. The fourth-order valence-electron chi connectivity index (χ4n) is 1.50. The van der Waals surface area contributed by atoms with Crippen LogP contribution in [0.1, 0.15) is 11.8 Å². The van der Waals surface area contributed by atoms with Gasteiger partial charge in [0, 0.05) is 24.1 Å². The van der Waals surface area contributed by atoms with E-state index in [0.29, 0.717) is 11.5 Å². The minimum absolute atomic E-state index is 0.220. The zero-order chi connectivity index (χ0) is 14.4. The average Bonchev–Trinajstić information content (AvgIpc) is 2.91. The van der Waals surface area contributed by atoms with Crippen LogP contribution < -0.4 is 10.6 Å². The highest BCUT2D eigenvalue weighted by atomic mass is 32.1. The Morgan fingerprint density at radius 3 is 2.80 bits per heavy atom. The second kappa shape index (κ2) is 6.63. The standard InChI is InChI=1S/C14H13N3O2S/c1-10(18)16-12-5-2-8-15-14(12)17-13(19)7-6-11-4-3-9-20-11/h2-9H,1H3,(H,16,18)(H,15,17,19)/b7-6+. The topological polar surface area (TPSA) is 71.1 Å². The minimum atomic E-state index is -0.302. The number of amides is 2. The molecule has 0 bridgehead atoms. The van der Waals surface area contributed by atoms with Gasteiger partial charge in [-0.05, 0) is 29.7 Å². The predicted octanol–water partition coefficient (Wildman–Crippen LogP) is 2.75. The molecule has 0 unspecified atom stereocenters. The van der Waals surface area contributed by atoms with Gasteiger partial charge in [0.05, 0.1) is 5.69 Å². The van der Waals surface area contributed by atoms with E-state index < -0.39 is 0 Å². The van der Waals surface area contributed by atoms with Crippen molar-refractivity contribution in [3.63, 3.8) is 0 Å². The van der Waals surface area contributed by atoms with Crippen LogP contribution in [0.15, 0.2) is 41.9 Å². The molecular formula is C14H13N3O2S. The Bertz CT molecular complexity index is 636. The number of nitrogens with one attached hydrogen (secondary N) is 2. The van der Waals surface area contributed by atoms with Crippen molar-refractivity contribution in [3.8, 4) is 0 Å². The minimum Gasteiger partial charge on any atom is -0.323 e. The number of hydrogen-bond donors (Lipinski definition) is 2. The summed E-state index contributed by atoms with van der Waals surface area (Å²) in [6.07, 6.45) is 4.70. The maximum atomic E-state index is 11.8. The molecular weight excluding hydrogens is 274 g/mol. The fraction of sp³-hybridized carbons (Fsp3) is 0.0714. The zero-order valence-electron chi connectivity index (χ0n) is 10.8. The van der Waals surface area contributed by atoms with Gasteiger partial charge in [0.1, 0.15) is 0 Å². The molecule has 5 nitrogen and oxygen atoms in total. The van der Waals surface area contributed by atoms with Gasteiger partial charge in [-0.15, -0.1) is 11.3 Å². The first kappa shape index (κ1) is 14.0. The van der Waals surface area contributed by atoms with E-state index in [1.54, 1.807) is 35.7 Å². The Morgan fingerprint density at radius 2 is 2.10 bits per heavy atom. The fourth-order valence-corrected chi connectivity index (χ4v) is 2.12. The van der Waals surface area contributed by atoms with Crippen molar-refractivity contribution in [1.82, 2.24) is 4.98 Å². The van der Waals surface area contributed by atoms with E-state index in [2.05, 4.69) is 15.6 Å². The third kappa shape index (κ3) is 4.03. The van der Waals surface area contributed by atoms with Crippen LogP contribution in [0.2, 0.25) is 0 Å². The summed E-state index contributed by atoms with van der Waals surface area (Å²) in [5, 5.41) is 7.18. The number of carbonyl (C=O) groups is 2. The summed E-state index contributed by atoms with van der Waals surface area (Å²) in [5.41, 5.74) is 0.470. The van der Waals surface area contributed by atoms with E-state index in [1.807, 2.05) is 17.5 Å². The monoisotopic (exact) mass is 287 g/mol. The normalized spacial score (nSPS) is 10.4. The molecule has 0 spiro atoms. The third-order valence-electron chi connectivity index (χ3n) is 2.30. The average molecular weight is 287 g/mol. The predicted molar refractivity (Wildman–Crippen MR) is 80.5 cm³/mol. The second-order valence-corrected chi connectivity index (χ2v) is 4.90. The van der Waals surface area contributed by atoms with Gasteiger partial charge in [-0.1, -0.05) is 6.07 Å². The summed E-state index contributed by atoms with van der Waals surface area (Å²) in [6, 6.07) is 7.18. The van der Waals surface area contributed by atoms with Crippen LogP contribution in [-0.4, -0.2) is 16.8 Å². The van der Waals surface area contributed by atoms with Crippen LogP contribution in [0.5, 0.6) is 0 Å². The van der Waals surface area contributed by atoms with Crippen molar-refractivity contribution in [2.45, 2.75) is 6.92 Å². The molecule has 6 heteroatoms. The number of hydrogen-bond acceptors (Lipinski definition) is 4. The van der Waals surface area contributed by atoms with Crippen molar-refractivity contribution in [2.75, 3.05) is 10.6 Å². The van der Waals surface area contributed by atoms with Crippen molar-refractivity contribution >= 4 is 40.7 Å². The molecule has 0 aliphatic carbocycles. The number of pyridine rings is 1. The molecule has 2 N–H and O–H groups in total. The van der Waals surface area contributed by atoms with E-state index in [1.165, 1.54) is 13.0 Å². The molecule has 0 fully saturated rings. The highest BCUT2D eigenvalue weighted by Gasteiger charge is 2.06. The molecule has 0 aromatic carbocycles. The third-order valence-corrected chi connectivity index (χ3v) is 3.14. The lowest BCUT2D eigenvalue weighted by atomic mass is 10.3. The number of rotatable bonds is 4. The SMILES string of the molecule is CC(=O)Nc1cccnc1NC(=O)/C=C/c1cccs1. The van der Waals surface area contributed by atoms with Crippen LogP contribution in [0.4, 0.5) is 11.5 Å². The number of nitrogens with zero attached hydrogens (tertiary/aromatic N) is 1. The summed E-state index contributed by atoms with van der Waals surface area (Å²) in [4.78, 5) is 27.9. The lowest BCUT2D eigenvalue weighted by Crippen LogP contribution is -2.14. The first-order valence-electron chi connectivity index (χ1n) is 5.90. The van der Waals surface area contributed by atoms with E-state index in [0.717, 1.165) is 4.88 Å². The smallest absolute Gasteiger partial charge is 0.249 e. The number of carbonyl (C=O) groups excluding carboxylic acids is 2. The maximum absolute atomic E-state index is 11.8. The first-order valence-corrected chi connectivity index (χ1v) is 6.78. The van der Waals surface area contributed by atoms with E-state index in [4.69, 9.17) is 0 Å². The summed E-state index contributed by atoms with van der Waals surface area (Å²) in [5.74, 6) is -0.199. The van der Waals surface area contributed by atoms with Crippen LogP contribution in [0.25, 0.3) is 6.08 Å². The first-order chi connectivity index (χ1) is 9.65. The van der Waals surface area contributed by atoms with E-state index >= 15 is 0 Å². The van der Waals surface area contributed by atoms with Gasteiger partial charge in [0.15, 0.2) is 5.82 Å². The van der Waals surface area contributed by atoms with E-state index in [9.17, 15) is 9.59 Å². The summed E-state index contributed by atoms with van der Waals surface area (Å²) < 4.78 is 0. The lowest BCUT2D eigenvalue weighted by Gasteiger charge is -2.08. The summed E-state index contributed by atoms with van der Waals surface area (Å²) in [6.45, 7) is 1.40. The Kier molecular flexibility index (Phi) is 4.62. The van der Waals surface area contributed by atoms with Crippen LogP contribution in [0, 0.1) is 0 Å². The molecule has 0 aliphatic heterocycles. The Hall–Kier alpha value is -2.47. The molecule has 2 aromatic rings. The van der Waals surface area contributed by atoms with Crippen LogP contribution in [0.3, 0.4) is 0 Å². The molecule has 0 atom stereocenters. The van der Waals surface area contributed by atoms with Gasteiger partial charge >= 0.3 is 0 Å². The molecule has 2 rings (SSSR count). The summed E-state index contributed by atoms with van der Waals surface area (Å²) in [7, 11) is 0. The molecule has 2 amide bonds. The largest absolute Gasteiger partial charge is 0.323 e. The van der Waals surface area contributed by atoms with Crippen LogP contribution >= 0.6 is 11.3 Å². The quantitative estimate of drug-likeness (QED) is 0.849. The van der Waals surface area contributed by atoms with Crippen molar-refractivity contribution in [1.29, 1.82) is 0 Å². The Balaban J connectivity index is 2.06. The Labute approximate surface area is 120 Å². The van der Waals surface area contributed by atoms with Gasteiger partial charge in [-0.25, -0.2) is 4.98 Å². The highest BCUT2D eigenvalue weighted by molar-refractivity contribution is 7.10. The van der Waals surface area contributed by atoms with Crippen LogP contribution in [-0.2, 0) is 9.59 Å². The highest BCUT2D eigenvalue weighted by Crippen LogP contribution is 2.18. The Morgan fingerprint density at radius 1 is 1.25 bits per heavy atom. The molecule has 0 saturated heterocycles. The number of anilines is 2. The molecule has 102 valence electrons.